The Labute approximate surface area is 114 Å². The zero-order valence-corrected chi connectivity index (χ0v) is 12.7. The zero-order valence-electron chi connectivity index (χ0n) is 11.9. The van der Waals surface area contributed by atoms with Gasteiger partial charge in [-0.3, -0.25) is 0 Å². The van der Waals surface area contributed by atoms with Crippen LogP contribution in [0.25, 0.3) is 0 Å². The highest BCUT2D eigenvalue weighted by Gasteiger charge is 2.23. The van der Waals surface area contributed by atoms with Crippen molar-refractivity contribution in [1.29, 1.82) is 0 Å². The minimum atomic E-state index is 0.310. The SMILES string of the molecule is CCCNC(C)C(CC)c1nc(CSCC)no1. The second-order valence-electron chi connectivity index (χ2n) is 4.44. The van der Waals surface area contributed by atoms with E-state index < -0.39 is 0 Å². The molecular weight excluding hydrogens is 246 g/mol. The average Bonchev–Trinajstić information content (AvgIpc) is 2.83. The number of thioether (sulfide) groups is 1. The molecule has 1 N–H and O–H groups in total. The molecule has 0 bridgehead atoms. The normalized spacial score (nSPS) is 14.7. The van der Waals surface area contributed by atoms with Crippen LogP contribution in [0.15, 0.2) is 4.52 Å². The largest absolute Gasteiger partial charge is 0.339 e. The molecule has 0 radical (unpaired) electrons. The van der Waals surface area contributed by atoms with Crippen LogP contribution in [0.5, 0.6) is 0 Å². The number of hydrogen-bond donors (Lipinski definition) is 1. The number of aromatic nitrogens is 2. The van der Waals surface area contributed by atoms with Crippen LogP contribution >= 0.6 is 11.8 Å². The summed E-state index contributed by atoms with van der Waals surface area (Å²) in [5, 5.41) is 7.55. The molecule has 18 heavy (non-hydrogen) atoms. The van der Waals surface area contributed by atoms with Gasteiger partial charge in [0.15, 0.2) is 5.82 Å². The number of nitrogens with one attached hydrogen (secondary N) is 1. The molecule has 1 aromatic rings. The Morgan fingerprint density at radius 3 is 2.72 bits per heavy atom. The van der Waals surface area contributed by atoms with Gasteiger partial charge in [0, 0.05) is 6.04 Å². The van der Waals surface area contributed by atoms with Crippen LogP contribution in [0.2, 0.25) is 0 Å². The highest BCUT2D eigenvalue weighted by atomic mass is 32.2. The summed E-state index contributed by atoms with van der Waals surface area (Å²) in [6.07, 6.45) is 2.16. The van der Waals surface area contributed by atoms with Crippen LogP contribution in [0.1, 0.15) is 58.2 Å². The lowest BCUT2D eigenvalue weighted by atomic mass is 9.98. The van der Waals surface area contributed by atoms with Crippen molar-refractivity contribution >= 4 is 11.8 Å². The van der Waals surface area contributed by atoms with E-state index in [9.17, 15) is 0 Å². The van der Waals surface area contributed by atoms with Crippen molar-refractivity contribution in [2.45, 2.75) is 58.2 Å². The van der Waals surface area contributed by atoms with E-state index in [0.29, 0.717) is 12.0 Å². The summed E-state index contributed by atoms with van der Waals surface area (Å²) in [5.74, 6) is 3.82. The van der Waals surface area contributed by atoms with Gasteiger partial charge >= 0.3 is 0 Å². The Morgan fingerprint density at radius 1 is 1.33 bits per heavy atom. The molecular formula is C13H25N3OS. The molecule has 1 rings (SSSR count). The van der Waals surface area contributed by atoms with E-state index >= 15 is 0 Å². The van der Waals surface area contributed by atoms with Crippen LogP contribution in [0.3, 0.4) is 0 Å². The molecule has 0 amide bonds. The summed E-state index contributed by atoms with van der Waals surface area (Å²) in [4.78, 5) is 4.51. The van der Waals surface area contributed by atoms with Crippen molar-refractivity contribution in [3.05, 3.63) is 11.7 Å². The van der Waals surface area contributed by atoms with Crippen LogP contribution in [-0.2, 0) is 5.75 Å². The van der Waals surface area contributed by atoms with Crippen molar-refractivity contribution in [3.8, 4) is 0 Å². The second-order valence-corrected chi connectivity index (χ2v) is 5.72. The molecule has 0 spiro atoms. The quantitative estimate of drug-likeness (QED) is 0.747. The van der Waals surface area contributed by atoms with Gasteiger partial charge in [0.1, 0.15) is 0 Å². The summed E-state index contributed by atoms with van der Waals surface area (Å²) in [6.45, 7) is 9.70. The highest BCUT2D eigenvalue weighted by molar-refractivity contribution is 7.98. The maximum Gasteiger partial charge on any atom is 0.231 e. The molecule has 5 heteroatoms. The van der Waals surface area contributed by atoms with Gasteiger partial charge in [-0.05, 0) is 32.1 Å². The highest BCUT2D eigenvalue weighted by Crippen LogP contribution is 2.22. The monoisotopic (exact) mass is 271 g/mol. The zero-order chi connectivity index (χ0) is 13.4. The Kier molecular flexibility index (Phi) is 7.35. The Morgan fingerprint density at radius 2 is 2.11 bits per heavy atom. The lowest BCUT2D eigenvalue weighted by Gasteiger charge is -2.20. The molecule has 0 aromatic carbocycles. The minimum absolute atomic E-state index is 0.310. The maximum atomic E-state index is 5.40. The molecule has 0 aliphatic heterocycles. The van der Waals surface area contributed by atoms with Gasteiger partial charge in [0.05, 0.1) is 11.7 Å². The summed E-state index contributed by atoms with van der Waals surface area (Å²) in [6, 6.07) is 0.377. The van der Waals surface area contributed by atoms with Gasteiger partial charge in [-0.1, -0.05) is 25.9 Å². The minimum Gasteiger partial charge on any atom is -0.339 e. The van der Waals surface area contributed by atoms with Crippen molar-refractivity contribution in [2.75, 3.05) is 12.3 Å². The van der Waals surface area contributed by atoms with Gasteiger partial charge in [-0.15, -0.1) is 0 Å². The lowest BCUT2D eigenvalue weighted by molar-refractivity contribution is 0.314. The molecule has 1 heterocycles. The second kappa shape index (κ2) is 8.53. The van der Waals surface area contributed by atoms with Crippen molar-refractivity contribution in [3.63, 3.8) is 0 Å². The van der Waals surface area contributed by atoms with Gasteiger partial charge in [-0.25, -0.2) is 0 Å². The first kappa shape index (κ1) is 15.5. The lowest BCUT2D eigenvalue weighted by Crippen LogP contribution is -2.32. The van der Waals surface area contributed by atoms with E-state index in [0.717, 1.165) is 42.6 Å². The van der Waals surface area contributed by atoms with E-state index in [-0.39, 0.29) is 0 Å². The number of nitrogens with zero attached hydrogens (tertiary/aromatic N) is 2. The number of rotatable bonds is 9. The Balaban J connectivity index is 2.60. The fourth-order valence-corrected chi connectivity index (χ4v) is 2.43. The van der Waals surface area contributed by atoms with Crippen LogP contribution in [0.4, 0.5) is 0 Å². The Hall–Kier alpha value is -0.550. The topological polar surface area (TPSA) is 51.0 Å². The molecule has 2 atom stereocenters. The fourth-order valence-electron chi connectivity index (χ4n) is 1.93. The van der Waals surface area contributed by atoms with E-state index in [2.05, 4.69) is 43.2 Å². The molecule has 0 aliphatic carbocycles. The fraction of sp³-hybridized carbons (Fsp3) is 0.846. The molecule has 0 aliphatic rings. The molecule has 0 saturated heterocycles. The molecule has 1 aromatic heterocycles. The van der Waals surface area contributed by atoms with Gasteiger partial charge < -0.3 is 9.84 Å². The van der Waals surface area contributed by atoms with E-state index in [1.807, 2.05) is 11.8 Å². The maximum absolute atomic E-state index is 5.40. The summed E-state index contributed by atoms with van der Waals surface area (Å²) in [5.41, 5.74) is 0. The predicted octanol–water partition coefficient (Wildman–Crippen LogP) is 3.20. The third-order valence-electron chi connectivity index (χ3n) is 3.00. The first-order valence-electron chi connectivity index (χ1n) is 6.86. The van der Waals surface area contributed by atoms with Crippen LogP contribution in [-0.4, -0.2) is 28.5 Å². The standard InChI is InChI=1S/C13H25N3OS/c1-5-8-14-10(4)11(6-2)13-15-12(16-17-13)9-18-7-3/h10-11,14H,5-9H2,1-4H3. The van der Waals surface area contributed by atoms with Gasteiger partial charge in [0.25, 0.3) is 0 Å². The van der Waals surface area contributed by atoms with Gasteiger partial charge in [-0.2, -0.15) is 16.7 Å². The average molecular weight is 271 g/mol. The van der Waals surface area contributed by atoms with Crippen LogP contribution in [0, 0.1) is 0 Å². The van der Waals surface area contributed by atoms with E-state index in [1.165, 1.54) is 0 Å². The van der Waals surface area contributed by atoms with Gasteiger partial charge in [0.2, 0.25) is 5.89 Å². The Bertz CT molecular complexity index is 330. The first-order chi connectivity index (χ1) is 8.72. The summed E-state index contributed by atoms with van der Waals surface area (Å²) >= 11 is 1.82. The predicted molar refractivity (Wildman–Crippen MR) is 76.9 cm³/mol. The molecule has 2 unspecified atom stereocenters. The van der Waals surface area contributed by atoms with Crippen molar-refractivity contribution in [2.24, 2.45) is 0 Å². The summed E-state index contributed by atoms with van der Waals surface area (Å²) in [7, 11) is 0. The molecule has 104 valence electrons. The number of hydrogen-bond acceptors (Lipinski definition) is 5. The molecule has 4 nitrogen and oxygen atoms in total. The third-order valence-corrected chi connectivity index (χ3v) is 3.87. The third kappa shape index (κ3) is 4.61. The molecule has 0 fully saturated rings. The smallest absolute Gasteiger partial charge is 0.231 e. The van der Waals surface area contributed by atoms with Crippen molar-refractivity contribution < 1.29 is 4.52 Å². The van der Waals surface area contributed by atoms with E-state index in [4.69, 9.17) is 4.52 Å². The first-order valence-corrected chi connectivity index (χ1v) is 8.01. The van der Waals surface area contributed by atoms with Crippen LogP contribution < -0.4 is 5.32 Å². The molecule has 0 saturated carbocycles. The summed E-state index contributed by atoms with van der Waals surface area (Å²) < 4.78 is 5.40. The van der Waals surface area contributed by atoms with Crippen molar-refractivity contribution in [1.82, 2.24) is 15.5 Å². The van der Waals surface area contributed by atoms with E-state index in [1.54, 1.807) is 0 Å².